The minimum absolute atomic E-state index is 0.905. The molecule has 0 heterocycles. The number of unbranched alkanes of at least 4 members (excludes halogenated alkanes) is 24. The molecule has 0 unspecified atom stereocenters. The zero-order chi connectivity index (χ0) is 38.2. The largest absolute Gasteiger partial charge is 0.428 e. The van der Waals surface area contributed by atoms with Crippen LogP contribution in [0.3, 0.4) is 0 Å². The maximum Gasteiger partial charge on any atom is 0.345 e. The van der Waals surface area contributed by atoms with E-state index in [1.54, 1.807) is 0 Å². The molecule has 0 bridgehead atoms. The second-order valence-electron chi connectivity index (χ2n) is 15.9. The van der Waals surface area contributed by atoms with Gasteiger partial charge in [-0.2, -0.15) is 0 Å². The van der Waals surface area contributed by atoms with E-state index in [9.17, 15) is 0 Å². The van der Waals surface area contributed by atoms with Crippen molar-refractivity contribution in [3.63, 3.8) is 0 Å². The molecular weight excluding hydrogens is 704 g/mol. The summed E-state index contributed by atoms with van der Waals surface area (Å²) in [6.45, 7) is 9.18. The van der Waals surface area contributed by atoms with Crippen molar-refractivity contribution >= 4 is 29.7 Å². The normalized spacial score (nSPS) is 11.7. The molecule has 0 saturated heterocycles. The van der Waals surface area contributed by atoms with Crippen LogP contribution in [0, 0.1) is 0 Å². The third kappa shape index (κ3) is 23.0. The summed E-state index contributed by atoms with van der Waals surface area (Å²) in [5.74, 6) is 1.81. The number of benzene rings is 2. The van der Waals surface area contributed by atoms with Gasteiger partial charge in [0.05, 0.1) is 0 Å². The zero-order valence-electron chi connectivity index (χ0n) is 35.2. The number of hydrogen-bond acceptors (Lipinski definition) is 3. The lowest BCUT2D eigenvalue weighted by molar-refractivity contribution is 0.494. The minimum Gasteiger partial charge on any atom is -0.428 e. The standard InChI is InChI=1S/C48H83O2PS2/c1-5-9-13-17-21-25-29-35-43-37-33-41-47(45(43)39-31-27-23-19-15-11-7-3)49-51(52,53)50-48-42-34-38-44(36-30-26-22-18-14-10-6-2)46(48)40-32-28-24-20-16-12-8-4/h33-34,37-38,41-42H,5-32,35-36,39-40H2,1-4H3,(H,52,53). The molecule has 2 nitrogen and oxygen atoms in total. The van der Waals surface area contributed by atoms with Gasteiger partial charge in [0, 0.05) is 0 Å². The molecule has 5 heteroatoms. The molecule has 0 saturated carbocycles. The molecule has 0 spiro atoms. The Bertz CT molecular complexity index is 1120. The van der Waals surface area contributed by atoms with Crippen molar-refractivity contribution in [2.24, 2.45) is 0 Å². The van der Waals surface area contributed by atoms with Gasteiger partial charge in [0.25, 0.3) is 0 Å². The van der Waals surface area contributed by atoms with Gasteiger partial charge in [0.2, 0.25) is 0 Å². The van der Waals surface area contributed by atoms with Gasteiger partial charge in [0.1, 0.15) is 11.5 Å². The van der Waals surface area contributed by atoms with Gasteiger partial charge in [-0.25, -0.2) is 0 Å². The molecule has 0 aliphatic carbocycles. The lowest BCUT2D eigenvalue weighted by Crippen LogP contribution is -2.04. The van der Waals surface area contributed by atoms with Gasteiger partial charge in [-0.1, -0.05) is 218 Å². The summed E-state index contributed by atoms with van der Waals surface area (Å²) >= 11 is 11.2. The van der Waals surface area contributed by atoms with Crippen LogP contribution in [0.1, 0.15) is 230 Å². The third-order valence-corrected chi connectivity index (χ3v) is 12.8. The van der Waals surface area contributed by atoms with E-state index in [2.05, 4.69) is 64.1 Å². The van der Waals surface area contributed by atoms with Gasteiger partial charge >= 0.3 is 5.69 Å². The van der Waals surface area contributed by atoms with Crippen LogP contribution in [-0.4, -0.2) is 0 Å². The molecule has 0 amide bonds. The van der Waals surface area contributed by atoms with Crippen LogP contribution in [0.25, 0.3) is 0 Å². The summed E-state index contributed by atoms with van der Waals surface area (Å²) in [4.78, 5) is 0. The van der Waals surface area contributed by atoms with E-state index in [1.807, 2.05) is 0 Å². The maximum absolute atomic E-state index is 6.75. The Kier molecular flexibility index (Phi) is 29.2. The van der Waals surface area contributed by atoms with Crippen molar-refractivity contribution in [1.29, 1.82) is 0 Å². The molecule has 0 aliphatic rings. The van der Waals surface area contributed by atoms with Crippen molar-refractivity contribution in [2.75, 3.05) is 0 Å². The smallest absolute Gasteiger partial charge is 0.345 e. The van der Waals surface area contributed by atoms with Crippen LogP contribution in [0.4, 0.5) is 0 Å². The fourth-order valence-corrected chi connectivity index (χ4v) is 9.65. The highest BCUT2D eigenvalue weighted by Crippen LogP contribution is 2.55. The summed E-state index contributed by atoms with van der Waals surface area (Å²) in [7, 11) is 0. The lowest BCUT2D eigenvalue weighted by Gasteiger charge is -2.24. The van der Waals surface area contributed by atoms with E-state index in [-0.39, 0.29) is 0 Å². The van der Waals surface area contributed by atoms with Crippen molar-refractivity contribution in [2.45, 2.75) is 233 Å². The first-order valence-corrected chi connectivity index (χ1v) is 26.7. The zero-order valence-corrected chi connectivity index (χ0v) is 37.8. The second kappa shape index (κ2) is 32.2. The predicted octanol–water partition coefficient (Wildman–Crippen LogP) is 17.5. The van der Waals surface area contributed by atoms with Gasteiger partial charge in [-0.3, -0.25) is 0 Å². The summed E-state index contributed by atoms with van der Waals surface area (Å²) < 4.78 is 13.5. The Morgan fingerprint density at radius 3 is 0.962 bits per heavy atom. The first kappa shape index (κ1) is 48.2. The molecule has 53 heavy (non-hydrogen) atoms. The molecule has 2 aromatic rings. The minimum atomic E-state index is -2.91. The number of thiol groups is 1. The molecule has 2 rings (SSSR count). The molecule has 0 aromatic heterocycles. The quantitative estimate of drug-likeness (QED) is 0.0422. The average Bonchev–Trinajstić information content (AvgIpc) is 3.14. The first-order chi connectivity index (χ1) is 26.0. The van der Waals surface area contributed by atoms with Gasteiger partial charge in [0.15, 0.2) is 0 Å². The van der Waals surface area contributed by atoms with E-state index in [0.717, 1.165) is 37.2 Å². The molecular formula is C48H83O2PS2. The Morgan fingerprint density at radius 2 is 0.660 bits per heavy atom. The van der Waals surface area contributed by atoms with Crippen molar-refractivity contribution in [3.05, 3.63) is 58.7 Å². The van der Waals surface area contributed by atoms with Crippen LogP contribution < -0.4 is 9.05 Å². The van der Waals surface area contributed by atoms with Crippen LogP contribution in [0.2, 0.25) is 0 Å². The highest BCUT2D eigenvalue weighted by molar-refractivity contribution is 8.60. The Morgan fingerprint density at radius 1 is 0.396 bits per heavy atom. The summed E-state index contributed by atoms with van der Waals surface area (Å²) in [5.41, 5.74) is 2.64. The highest BCUT2D eigenvalue weighted by Gasteiger charge is 2.23. The van der Waals surface area contributed by atoms with Gasteiger partial charge in [-0.05, 0) is 97.6 Å². The Balaban J connectivity index is 2.19. The summed E-state index contributed by atoms with van der Waals surface area (Å²) in [5, 5.41) is 0. The molecule has 2 aromatic carbocycles. The van der Waals surface area contributed by atoms with Crippen molar-refractivity contribution in [1.82, 2.24) is 0 Å². The van der Waals surface area contributed by atoms with E-state index in [4.69, 9.17) is 33.1 Å². The predicted molar refractivity (Wildman–Crippen MR) is 244 cm³/mol. The molecule has 0 atom stereocenters. The number of hydrogen-bond donors (Lipinski definition) is 1. The third-order valence-electron chi connectivity index (χ3n) is 11.0. The summed E-state index contributed by atoms with van der Waals surface area (Å²) in [6, 6.07) is 13.2. The molecule has 0 aliphatic heterocycles. The second-order valence-corrected chi connectivity index (χ2v) is 21.1. The Labute approximate surface area is 340 Å². The molecule has 304 valence electrons. The van der Waals surface area contributed by atoms with Gasteiger partial charge < -0.3 is 9.05 Å². The molecule has 0 N–H and O–H groups in total. The average molecular weight is 787 g/mol. The topological polar surface area (TPSA) is 18.5 Å². The number of rotatable bonds is 36. The van der Waals surface area contributed by atoms with Crippen molar-refractivity contribution < 1.29 is 9.05 Å². The highest BCUT2D eigenvalue weighted by atomic mass is 32.9. The van der Waals surface area contributed by atoms with Crippen LogP contribution in [0.15, 0.2) is 36.4 Å². The van der Waals surface area contributed by atoms with Crippen LogP contribution >= 0.6 is 17.9 Å². The van der Waals surface area contributed by atoms with Crippen LogP contribution in [0.5, 0.6) is 11.5 Å². The SMILES string of the molecule is CCCCCCCCCc1cccc(OP(=S)(S)Oc2cccc(CCCCCCCCC)c2CCCCCCCCC)c1CCCCCCCCC. The fourth-order valence-electron chi connectivity index (χ4n) is 7.76. The molecule has 0 radical (unpaired) electrons. The van der Waals surface area contributed by atoms with Gasteiger partial charge in [-0.15, -0.1) is 0 Å². The van der Waals surface area contributed by atoms with E-state index in [1.165, 1.54) is 202 Å². The van der Waals surface area contributed by atoms with Crippen molar-refractivity contribution in [3.8, 4) is 11.5 Å². The Hall–Kier alpha value is -0.960. The monoisotopic (exact) mass is 787 g/mol. The number of aryl methyl sites for hydroxylation is 2. The van der Waals surface area contributed by atoms with E-state index < -0.39 is 5.69 Å². The summed E-state index contributed by atoms with van der Waals surface area (Å²) in [6.07, 6.45) is 41.2. The molecule has 0 fully saturated rings. The lowest BCUT2D eigenvalue weighted by atomic mass is 9.95. The first-order valence-electron chi connectivity index (χ1n) is 22.9. The van der Waals surface area contributed by atoms with Crippen LogP contribution in [-0.2, 0) is 37.5 Å². The van der Waals surface area contributed by atoms with E-state index >= 15 is 0 Å². The van der Waals surface area contributed by atoms with E-state index in [0.29, 0.717) is 0 Å². The maximum atomic E-state index is 6.75. The fraction of sp³-hybridized carbons (Fsp3) is 0.750.